The van der Waals surface area contributed by atoms with Crippen molar-refractivity contribution in [2.45, 2.75) is 90.0 Å². The average molecular weight is 500 g/mol. The quantitative estimate of drug-likeness (QED) is 0.285. The summed E-state index contributed by atoms with van der Waals surface area (Å²) in [5.74, 6) is 1.77. The summed E-state index contributed by atoms with van der Waals surface area (Å²) in [6.07, 6.45) is 12.5. The monoisotopic (exact) mass is 499 g/mol. The molecule has 4 rings (SSSR count). The largest absolute Gasteiger partial charge is 0.493 e. The molecule has 0 radical (unpaired) electrons. The average Bonchev–Trinajstić information content (AvgIpc) is 3.62. The maximum atomic E-state index is 11.8. The van der Waals surface area contributed by atoms with Crippen LogP contribution >= 0.6 is 0 Å². The molecule has 0 saturated carbocycles. The van der Waals surface area contributed by atoms with Gasteiger partial charge in [0.1, 0.15) is 12.0 Å². The summed E-state index contributed by atoms with van der Waals surface area (Å²) >= 11 is 0. The van der Waals surface area contributed by atoms with Gasteiger partial charge in [0.2, 0.25) is 5.91 Å². The first kappa shape index (κ1) is 28.6. The maximum Gasteiger partial charge on any atom is 0.222 e. The van der Waals surface area contributed by atoms with Crippen LogP contribution in [-0.4, -0.2) is 85.9 Å². The van der Waals surface area contributed by atoms with Crippen LogP contribution in [0, 0.1) is 0 Å². The van der Waals surface area contributed by atoms with Gasteiger partial charge in [-0.25, -0.2) is 0 Å². The number of aldehydes is 1. The molecule has 0 aromatic heterocycles. The molecule has 36 heavy (non-hydrogen) atoms. The lowest BCUT2D eigenvalue weighted by molar-refractivity contribution is -0.127. The van der Waals surface area contributed by atoms with E-state index in [0.29, 0.717) is 24.9 Å². The Balaban J connectivity index is 0.000000280. The molecule has 3 aliphatic rings. The molecule has 2 atom stereocenters. The smallest absolute Gasteiger partial charge is 0.222 e. The summed E-state index contributed by atoms with van der Waals surface area (Å²) < 4.78 is 5.61. The van der Waals surface area contributed by atoms with Crippen LogP contribution in [0.1, 0.15) is 88.7 Å². The standard InChI is InChI=1S/C20H26N2O3.C10H23N/c23-10-9-22-14-17(15-3-4-19-16(12-15)6-11-25-19)13-18(22)5-8-21-7-1-2-20(21)24;1-4-6-8-10-11(3)9-7-5-2/h3-4,10,12,17-18H,1-2,5-9,11,13-14H2;4-10H2,1-3H3. The SMILES string of the molecule is CCCCCN(C)CCCC.O=CCN1CC(c2ccc3c(c2)CCO3)CC1CCN1CCCC1=O. The van der Waals surface area contributed by atoms with Crippen LogP contribution in [0.15, 0.2) is 18.2 Å². The number of carbonyl (C=O) groups is 2. The molecule has 6 heteroatoms. The fraction of sp³-hybridized carbons (Fsp3) is 0.733. The van der Waals surface area contributed by atoms with Crippen LogP contribution < -0.4 is 4.74 Å². The van der Waals surface area contributed by atoms with Gasteiger partial charge in [-0.3, -0.25) is 9.69 Å². The highest BCUT2D eigenvalue weighted by molar-refractivity contribution is 5.78. The number of hydrogen-bond acceptors (Lipinski definition) is 5. The minimum absolute atomic E-state index is 0.287. The lowest BCUT2D eigenvalue weighted by atomic mass is 9.93. The number of rotatable bonds is 13. The third kappa shape index (κ3) is 8.58. The Kier molecular flexibility index (Phi) is 12.2. The first-order valence-corrected chi connectivity index (χ1v) is 14.4. The highest BCUT2D eigenvalue weighted by atomic mass is 16.5. The second-order valence-electron chi connectivity index (χ2n) is 10.8. The van der Waals surface area contributed by atoms with Crippen LogP contribution in [0.3, 0.4) is 0 Å². The Hall–Kier alpha value is -1.92. The van der Waals surface area contributed by atoms with Gasteiger partial charge >= 0.3 is 0 Å². The summed E-state index contributed by atoms with van der Waals surface area (Å²) in [5.41, 5.74) is 2.67. The van der Waals surface area contributed by atoms with E-state index in [1.165, 1.54) is 56.3 Å². The minimum Gasteiger partial charge on any atom is -0.493 e. The molecule has 2 unspecified atom stereocenters. The van der Waals surface area contributed by atoms with E-state index in [0.717, 1.165) is 64.0 Å². The van der Waals surface area contributed by atoms with Crippen molar-refractivity contribution in [2.24, 2.45) is 0 Å². The first-order valence-electron chi connectivity index (χ1n) is 14.4. The predicted molar refractivity (Wildman–Crippen MR) is 147 cm³/mol. The van der Waals surface area contributed by atoms with Gasteiger partial charge in [-0.1, -0.05) is 45.2 Å². The summed E-state index contributed by atoms with van der Waals surface area (Å²) in [6, 6.07) is 6.95. The van der Waals surface area contributed by atoms with Crippen LogP contribution in [0.25, 0.3) is 0 Å². The molecule has 0 aliphatic carbocycles. The number of ether oxygens (including phenoxy) is 1. The zero-order valence-corrected chi connectivity index (χ0v) is 23.1. The molecule has 3 heterocycles. The molecule has 0 spiro atoms. The van der Waals surface area contributed by atoms with E-state index in [-0.39, 0.29) is 5.91 Å². The number of fused-ring (bicyclic) bond motifs is 1. The summed E-state index contributed by atoms with van der Waals surface area (Å²) in [7, 11) is 2.23. The molecule has 1 aromatic rings. The Morgan fingerprint density at radius 3 is 2.64 bits per heavy atom. The second-order valence-corrected chi connectivity index (χ2v) is 10.8. The molecule has 2 fully saturated rings. The van der Waals surface area contributed by atoms with Crippen LogP contribution in [0.2, 0.25) is 0 Å². The normalized spacial score (nSPS) is 21.4. The number of carbonyl (C=O) groups excluding carboxylic acids is 2. The van der Waals surface area contributed by atoms with Gasteiger partial charge in [0.05, 0.1) is 13.2 Å². The molecule has 0 N–H and O–H groups in total. The Labute approximate surface area is 219 Å². The molecule has 1 amide bonds. The van der Waals surface area contributed by atoms with Crippen molar-refractivity contribution in [1.82, 2.24) is 14.7 Å². The van der Waals surface area contributed by atoms with Crippen molar-refractivity contribution in [1.29, 1.82) is 0 Å². The maximum absolute atomic E-state index is 11.8. The van der Waals surface area contributed by atoms with Crippen LogP contribution in [0.4, 0.5) is 0 Å². The molecule has 3 aliphatic heterocycles. The van der Waals surface area contributed by atoms with E-state index in [4.69, 9.17) is 4.74 Å². The van der Waals surface area contributed by atoms with E-state index >= 15 is 0 Å². The van der Waals surface area contributed by atoms with Gasteiger partial charge in [-0.2, -0.15) is 0 Å². The third-order valence-corrected chi connectivity index (χ3v) is 7.96. The summed E-state index contributed by atoms with van der Waals surface area (Å²) in [6.45, 7) is 11.0. The van der Waals surface area contributed by atoms with Crippen LogP contribution in [-0.2, 0) is 16.0 Å². The number of unbranched alkanes of at least 4 members (excludes halogenated alkanes) is 3. The van der Waals surface area contributed by atoms with Gasteiger partial charge in [0.25, 0.3) is 0 Å². The van der Waals surface area contributed by atoms with E-state index in [1.807, 2.05) is 4.90 Å². The Morgan fingerprint density at radius 2 is 1.92 bits per heavy atom. The van der Waals surface area contributed by atoms with Gasteiger partial charge < -0.3 is 19.3 Å². The third-order valence-electron chi connectivity index (χ3n) is 7.96. The van der Waals surface area contributed by atoms with Crippen molar-refractivity contribution >= 4 is 12.2 Å². The van der Waals surface area contributed by atoms with Gasteiger partial charge in [0.15, 0.2) is 0 Å². The molecule has 202 valence electrons. The molecule has 1 aromatic carbocycles. The zero-order valence-electron chi connectivity index (χ0n) is 23.1. The number of nitrogens with zero attached hydrogens (tertiary/aromatic N) is 3. The summed E-state index contributed by atoms with van der Waals surface area (Å²) in [5, 5.41) is 0. The van der Waals surface area contributed by atoms with Gasteiger partial charge in [-0.05, 0) is 75.4 Å². The fourth-order valence-corrected chi connectivity index (χ4v) is 5.72. The molecule has 2 saturated heterocycles. The highest BCUT2D eigenvalue weighted by Crippen LogP contribution is 2.36. The van der Waals surface area contributed by atoms with Gasteiger partial charge in [-0.15, -0.1) is 0 Å². The molecular formula is C30H49N3O3. The molecule has 0 bridgehead atoms. The van der Waals surface area contributed by atoms with E-state index in [1.54, 1.807) is 0 Å². The van der Waals surface area contributed by atoms with E-state index in [2.05, 4.69) is 48.9 Å². The minimum atomic E-state index is 0.287. The second kappa shape index (κ2) is 15.4. The number of amides is 1. The van der Waals surface area contributed by atoms with Gasteiger partial charge in [0, 0.05) is 38.5 Å². The molecule has 6 nitrogen and oxygen atoms in total. The first-order chi connectivity index (χ1) is 17.5. The van der Waals surface area contributed by atoms with Crippen molar-refractivity contribution in [3.8, 4) is 5.75 Å². The van der Waals surface area contributed by atoms with Crippen molar-refractivity contribution in [3.05, 3.63) is 29.3 Å². The molecular weight excluding hydrogens is 450 g/mol. The highest BCUT2D eigenvalue weighted by Gasteiger charge is 2.34. The van der Waals surface area contributed by atoms with E-state index < -0.39 is 0 Å². The van der Waals surface area contributed by atoms with E-state index in [9.17, 15) is 9.59 Å². The number of hydrogen-bond donors (Lipinski definition) is 0. The lowest BCUT2D eigenvalue weighted by Crippen LogP contribution is -2.35. The summed E-state index contributed by atoms with van der Waals surface area (Å²) in [4.78, 5) is 29.6. The van der Waals surface area contributed by atoms with Crippen LogP contribution in [0.5, 0.6) is 5.75 Å². The predicted octanol–water partition coefficient (Wildman–Crippen LogP) is 4.90. The van der Waals surface area contributed by atoms with Crippen molar-refractivity contribution < 1.29 is 14.3 Å². The Bertz CT molecular complexity index is 815. The zero-order chi connectivity index (χ0) is 25.8. The topological polar surface area (TPSA) is 53.1 Å². The van der Waals surface area contributed by atoms with Crippen molar-refractivity contribution in [3.63, 3.8) is 0 Å². The lowest BCUT2D eigenvalue weighted by Gasteiger charge is -2.24. The Morgan fingerprint density at radius 1 is 1.11 bits per heavy atom. The van der Waals surface area contributed by atoms with Crippen molar-refractivity contribution in [2.75, 3.05) is 52.9 Å². The fourth-order valence-electron chi connectivity index (χ4n) is 5.72. The number of likely N-dealkylation sites (tertiary alicyclic amines) is 2. The number of benzene rings is 1.